The molecule has 1 aromatic heterocycles. The zero-order valence-electron chi connectivity index (χ0n) is 15.8. The van der Waals surface area contributed by atoms with Gasteiger partial charge in [0.2, 0.25) is 5.91 Å². The minimum absolute atomic E-state index is 0.0196. The molecule has 0 aliphatic rings. The molecule has 0 radical (unpaired) electrons. The normalized spacial score (nSPS) is 11.6. The molecule has 1 atom stereocenters. The Kier molecular flexibility index (Phi) is 6.21. The fraction of sp³-hybridized carbons (Fsp3) is 0.217. The van der Waals surface area contributed by atoms with Gasteiger partial charge in [0.1, 0.15) is 0 Å². The number of hydrogen-bond acceptors (Lipinski definition) is 3. The number of amides is 1. The molecule has 0 fully saturated rings. The van der Waals surface area contributed by atoms with Gasteiger partial charge in [0.25, 0.3) is 0 Å². The van der Waals surface area contributed by atoms with Crippen LogP contribution in [0.15, 0.2) is 79.0 Å². The third-order valence-electron chi connectivity index (χ3n) is 4.52. The Labute approximate surface area is 160 Å². The van der Waals surface area contributed by atoms with Crippen molar-refractivity contribution in [2.45, 2.75) is 18.9 Å². The fourth-order valence-corrected chi connectivity index (χ4v) is 2.97. The number of carbonyl (C=O) groups is 1. The number of carbonyl (C=O) groups excluding carboxylic acids is 1. The van der Waals surface area contributed by atoms with E-state index < -0.39 is 0 Å². The van der Waals surface area contributed by atoms with Crippen LogP contribution in [0.2, 0.25) is 0 Å². The lowest BCUT2D eigenvalue weighted by atomic mass is 10.0. The number of nitrogens with zero attached hydrogens (tertiary/aromatic N) is 2. The van der Waals surface area contributed by atoms with Gasteiger partial charge in [-0.25, -0.2) is 0 Å². The van der Waals surface area contributed by atoms with Crippen LogP contribution < -0.4 is 10.2 Å². The molecule has 0 spiro atoms. The monoisotopic (exact) mass is 359 g/mol. The molecule has 3 rings (SSSR count). The van der Waals surface area contributed by atoms with Crippen molar-refractivity contribution in [2.24, 2.45) is 0 Å². The predicted octanol–water partition coefficient (Wildman–Crippen LogP) is 3.99. The van der Waals surface area contributed by atoms with Gasteiger partial charge in [0, 0.05) is 32.4 Å². The molecule has 1 unspecified atom stereocenters. The number of anilines is 1. The van der Waals surface area contributed by atoms with Crippen LogP contribution in [0.5, 0.6) is 0 Å². The molecule has 1 N–H and O–H groups in total. The molecule has 0 saturated heterocycles. The average molecular weight is 359 g/mol. The Balaban J connectivity index is 1.66. The average Bonchev–Trinajstić information content (AvgIpc) is 2.72. The number of aromatic nitrogens is 1. The van der Waals surface area contributed by atoms with Crippen molar-refractivity contribution >= 4 is 11.6 Å². The summed E-state index contributed by atoms with van der Waals surface area (Å²) in [5.74, 6) is 0.0196. The van der Waals surface area contributed by atoms with Gasteiger partial charge in [-0.1, -0.05) is 48.5 Å². The Morgan fingerprint density at radius 2 is 1.67 bits per heavy atom. The maximum atomic E-state index is 12.6. The highest BCUT2D eigenvalue weighted by molar-refractivity contribution is 5.77. The first kappa shape index (κ1) is 18.6. The first-order valence-corrected chi connectivity index (χ1v) is 9.15. The van der Waals surface area contributed by atoms with Gasteiger partial charge in [-0.05, 0) is 41.8 Å². The van der Waals surface area contributed by atoms with Crippen molar-refractivity contribution in [2.75, 3.05) is 19.0 Å². The van der Waals surface area contributed by atoms with E-state index in [4.69, 9.17) is 0 Å². The van der Waals surface area contributed by atoms with Crippen LogP contribution in [-0.4, -0.2) is 25.0 Å². The maximum absolute atomic E-state index is 12.6. The van der Waals surface area contributed by atoms with Crippen LogP contribution in [-0.2, 0) is 11.2 Å². The highest BCUT2D eigenvalue weighted by atomic mass is 16.1. The lowest BCUT2D eigenvalue weighted by Gasteiger charge is -2.19. The van der Waals surface area contributed by atoms with Gasteiger partial charge in [0.15, 0.2) is 0 Å². The largest absolute Gasteiger partial charge is 0.378 e. The summed E-state index contributed by atoms with van der Waals surface area (Å²) in [6.45, 7) is 0. The quantitative estimate of drug-likeness (QED) is 0.694. The smallest absolute Gasteiger partial charge is 0.221 e. The summed E-state index contributed by atoms with van der Waals surface area (Å²) in [5, 5.41) is 3.14. The second kappa shape index (κ2) is 8.99. The Morgan fingerprint density at radius 1 is 0.963 bits per heavy atom. The molecule has 0 bridgehead atoms. The summed E-state index contributed by atoms with van der Waals surface area (Å²) in [4.78, 5) is 19.1. The number of rotatable bonds is 7. The summed E-state index contributed by atoms with van der Waals surface area (Å²) >= 11 is 0. The maximum Gasteiger partial charge on any atom is 0.221 e. The summed E-state index contributed by atoms with van der Waals surface area (Å²) in [5.41, 5.74) is 4.18. The van der Waals surface area contributed by atoms with E-state index in [1.54, 1.807) is 6.20 Å². The summed E-state index contributed by atoms with van der Waals surface area (Å²) in [6, 6.07) is 23.8. The molecule has 1 heterocycles. The molecule has 27 heavy (non-hydrogen) atoms. The number of aryl methyl sites for hydroxylation is 1. The zero-order chi connectivity index (χ0) is 19.1. The zero-order valence-corrected chi connectivity index (χ0v) is 15.8. The van der Waals surface area contributed by atoms with E-state index >= 15 is 0 Å². The lowest BCUT2D eigenvalue weighted by Crippen LogP contribution is -2.30. The van der Waals surface area contributed by atoms with Crippen molar-refractivity contribution in [1.82, 2.24) is 10.3 Å². The van der Waals surface area contributed by atoms with Gasteiger partial charge >= 0.3 is 0 Å². The number of pyridine rings is 1. The van der Waals surface area contributed by atoms with E-state index in [-0.39, 0.29) is 11.9 Å². The molecule has 3 aromatic rings. The molecular formula is C23H25N3O. The molecule has 138 valence electrons. The highest BCUT2D eigenvalue weighted by Crippen LogP contribution is 2.20. The third kappa shape index (κ3) is 5.17. The Bertz CT molecular complexity index is 806. The van der Waals surface area contributed by atoms with Gasteiger partial charge in [-0.3, -0.25) is 9.78 Å². The van der Waals surface area contributed by atoms with Crippen LogP contribution in [0.1, 0.15) is 29.3 Å². The SMILES string of the molecule is CN(C)c1ccc(CCC(=O)NC(c2ccccc2)c2ccccn2)cc1. The van der Waals surface area contributed by atoms with Crippen LogP contribution >= 0.6 is 0 Å². The molecule has 0 aliphatic heterocycles. The number of benzene rings is 2. The summed E-state index contributed by atoms with van der Waals surface area (Å²) < 4.78 is 0. The van der Waals surface area contributed by atoms with Crippen molar-refractivity contribution in [3.63, 3.8) is 0 Å². The van der Waals surface area contributed by atoms with E-state index in [1.807, 2.05) is 62.6 Å². The van der Waals surface area contributed by atoms with Crippen LogP contribution in [0.3, 0.4) is 0 Å². The van der Waals surface area contributed by atoms with Gasteiger partial charge < -0.3 is 10.2 Å². The van der Waals surface area contributed by atoms with E-state index in [2.05, 4.69) is 39.5 Å². The van der Waals surface area contributed by atoms with Gasteiger partial charge in [-0.15, -0.1) is 0 Å². The number of hydrogen-bond donors (Lipinski definition) is 1. The fourth-order valence-electron chi connectivity index (χ4n) is 2.97. The summed E-state index contributed by atoms with van der Waals surface area (Å²) in [6.07, 6.45) is 2.91. The van der Waals surface area contributed by atoms with E-state index in [0.29, 0.717) is 12.8 Å². The molecule has 0 saturated carbocycles. The van der Waals surface area contributed by atoms with Crippen LogP contribution in [0.4, 0.5) is 5.69 Å². The number of nitrogens with one attached hydrogen (secondary N) is 1. The van der Waals surface area contributed by atoms with Crippen molar-refractivity contribution in [3.8, 4) is 0 Å². The lowest BCUT2D eigenvalue weighted by molar-refractivity contribution is -0.121. The first-order valence-electron chi connectivity index (χ1n) is 9.15. The molecule has 2 aromatic carbocycles. The van der Waals surface area contributed by atoms with Crippen LogP contribution in [0.25, 0.3) is 0 Å². The van der Waals surface area contributed by atoms with Crippen LogP contribution in [0, 0.1) is 0 Å². The molecule has 4 heteroatoms. The van der Waals surface area contributed by atoms with Crippen molar-refractivity contribution < 1.29 is 4.79 Å². The first-order chi connectivity index (χ1) is 13.1. The minimum Gasteiger partial charge on any atom is -0.378 e. The summed E-state index contributed by atoms with van der Waals surface area (Å²) in [7, 11) is 4.04. The minimum atomic E-state index is -0.240. The third-order valence-corrected chi connectivity index (χ3v) is 4.52. The van der Waals surface area contributed by atoms with Gasteiger partial charge in [-0.2, -0.15) is 0 Å². The van der Waals surface area contributed by atoms with Crippen molar-refractivity contribution in [3.05, 3.63) is 95.8 Å². The van der Waals surface area contributed by atoms with E-state index in [1.165, 1.54) is 0 Å². The second-order valence-corrected chi connectivity index (χ2v) is 6.73. The van der Waals surface area contributed by atoms with Gasteiger partial charge in [0.05, 0.1) is 11.7 Å². The molecule has 4 nitrogen and oxygen atoms in total. The Morgan fingerprint density at radius 3 is 2.30 bits per heavy atom. The second-order valence-electron chi connectivity index (χ2n) is 6.73. The highest BCUT2D eigenvalue weighted by Gasteiger charge is 2.17. The molecule has 0 aliphatic carbocycles. The molecule has 1 amide bonds. The van der Waals surface area contributed by atoms with E-state index in [0.717, 1.165) is 22.5 Å². The Hall–Kier alpha value is -3.14. The predicted molar refractivity (Wildman–Crippen MR) is 110 cm³/mol. The topological polar surface area (TPSA) is 45.2 Å². The van der Waals surface area contributed by atoms with E-state index in [9.17, 15) is 4.79 Å². The molecular weight excluding hydrogens is 334 g/mol. The standard InChI is InChI=1S/C23H25N3O/c1-26(2)20-14-11-18(12-15-20)13-16-22(27)25-23(19-8-4-3-5-9-19)21-10-6-7-17-24-21/h3-12,14-15,17,23H,13,16H2,1-2H3,(H,25,27). The van der Waals surface area contributed by atoms with Crippen molar-refractivity contribution in [1.29, 1.82) is 0 Å².